The summed E-state index contributed by atoms with van der Waals surface area (Å²) in [7, 11) is 0. The van der Waals surface area contributed by atoms with Crippen LogP contribution in [0.1, 0.15) is 26.7 Å². The van der Waals surface area contributed by atoms with Crippen molar-refractivity contribution in [1.82, 2.24) is 4.57 Å². The molecule has 1 aliphatic carbocycles. The molecule has 7 nitrogen and oxygen atoms in total. The standard InChI is InChI=1S/C27H27ClFN3O4/c1-3-27(36,4-2)24-22(25(34)30-17-10-8-16(28)9-11-17)23(24)26(35)31-20-13-12-18(15-19(20)29)32-14-6-5-7-21(32)33/h5-15,22-24,36H,3-4H2,1-2H3,(H,30,34)(H,31,35)/t22-,23+,24+/m1/s1. The molecule has 1 aromatic heterocycles. The van der Waals surface area contributed by atoms with Crippen molar-refractivity contribution in [2.45, 2.75) is 32.3 Å². The first-order chi connectivity index (χ1) is 17.2. The first-order valence-electron chi connectivity index (χ1n) is 11.8. The number of benzene rings is 2. The Labute approximate surface area is 212 Å². The van der Waals surface area contributed by atoms with Gasteiger partial charge in [-0.25, -0.2) is 4.39 Å². The van der Waals surface area contributed by atoms with Crippen LogP contribution in [0.4, 0.5) is 15.8 Å². The van der Waals surface area contributed by atoms with Crippen LogP contribution in [0.25, 0.3) is 5.69 Å². The molecule has 188 valence electrons. The third kappa shape index (κ3) is 5.05. The van der Waals surface area contributed by atoms with Crippen LogP contribution in [0.15, 0.2) is 71.7 Å². The molecule has 1 heterocycles. The summed E-state index contributed by atoms with van der Waals surface area (Å²) < 4.78 is 16.2. The second kappa shape index (κ2) is 10.2. The lowest BCUT2D eigenvalue weighted by molar-refractivity contribution is -0.122. The highest BCUT2D eigenvalue weighted by Crippen LogP contribution is 2.56. The van der Waals surface area contributed by atoms with Gasteiger partial charge in [0.2, 0.25) is 11.8 Å². The van der Waals surface area contributed by atoms with Crippen LogP contribution in [0, 0.1) is 23.6 Å². The van der Waals surface area contributed by atoms with Gasteiger partial charge in [0.05, 0.1) is 28.8 Å². The topological polar surface area (TPSA) is 100 Å². The van der Waals surface area contributed by atoms with E-state index in [1.165, 1.54) is 29.0 Å². The van der Waals surface area contributed by atoms with Gasteiger partial charge in [-0.05, 0) is 55.3 Å². The molecule has 36 heavy (non-hydrogen) atoms. The minimum Gasteiger partial charge on any atom is -0.390 e. The van der Waals surface area contributed by atoms with Gasteiger partial charge in [-0.1, -0.05) is 31.5 Å². The highest BCUT2D eigenvalue weighted by atomic mass is 35.5. The summed E-state index contributed by atoms with van der Waals surface area (Å²) in [5.41, 5.74) is -0.786. The Morgan fingerprint density at radius 1 is 1.00 bits per heavy atom. The normalized spacial score (nSPS) is 19.0. The van der Waals surface area contributed by atoms with E-state index in [1.807, 2.05) is 0 Å². The molecule has 2 aromatic carbocycles. The second-order valence-electron chi connectivity index (χ2n) is 8.95. The van der Waals surface area contributed by atoms with Crippen molar-refractivity contribution in [2.75, 3.05) is 10.6 Å². The lowest BCUT2D eigenvalue weighted by atomic mass is 9.89. The summed E-state index contributed by atoms with van der Waals surface area (Å²) in [6.45, 7) is 3.60. The number of anilines is 2. The Morgan fingerprint density at radius 2 is 1.64 bits per heavy atom. The molecule has 3 atom stereocenters. The number of rotatable bonds is 8. The minimum absolute atomic E-state index is 0.0771. The van der Waals surface area contributed by atoms with Crippen LogP contribution < -0.4 is 16.2 Å². The van der Waals surface area contributed by atoms with Crippen molar-refractivity contribution in [3.05, 3.63) is 88.1 Å². The van der Waals surface area contributed by atoms with Crippen molar-refractivity contribution in [1.29, 1.82) is 0 Å². The maximum atomic E-state index is 14.9. The monoisotopic (exact) mass is 511 g/mol. The molecular formula is C27H27ClFN3O4. The number of amides is 2. The number of aliphatic hydroxyl groups is 1. The van der Waals surface area contributed by atoms with Gasteiger partial charge in [-0.3, -0.25) is 19.0 Å². The predicted octanol–water partition coefficient (Wildman–Crippen LogP) is 4.62. The summed E-state index contributed by atoms with van der Waals surface area (Å²) in [6.07, 6.45) is 2.24. The van der Waals surface area contributed by atoms with Crippen molar-refractivity contribution in [3.63, 3.8) is 0 Å². The van der Waals surface area contributed by atoms with Crippen LogP contribution in [0.5, 0.6) is 0 Å². The number of carbonyl (C=O) groups excluding carboxylic acids is 2. The Kier molecular flexibility index (Phi) is 7.28. The number of pyridine rings is 1. The largest absolute Gasteiger partial charge is 0.390 e. The van der Waals surface area contributed by atoms with E-state index >= 15 is 0 Å². The van der Waals surface area contributed by atoms with Gasteiger partial charge in [0.1, 0.15) is 5.82 Å². The van der Waals surface area contributed by atoms with Crippen molar-refractivity contribution >= 4 is 34.8 Å². The average molecular weight is 512 g/mol. The SMILES string of the molecule is CCC(O)(CC)[C@H]1[C@H](C(=O)Nc2ccc(Cl)cc2)[C@@H]1C(=O)Nc1ccc(-n2ccccc2=O)cc1F. The quantitative estimate of drug-likeness (QED) is 0.411. The van der Waals surface area contributed by atoms with E-state index in [9.17, 15) is 23.9 Å². The summed E-state index contributed by atoms with van der Waals surface area (Å²) in [4.78, 5) is 38.3. The zero-order valence-corrected chi connectivity index (χ0v) is 20.6. The third-order valence-corrected chi connectivity index (χ3v) is 7.15. The number of aromatic nitrogens is 1. The number of hydrogen-bond acceptors (Lipinski definition) is 4. The molecule has 1 fully saturated rings. The number of carbonyl (C=O) groups is 2. The molecule has 0 aliphatic heterocycles. The molecule has 3 aromatic rings. The Hall–Kier alpha value is -3.49. The zero-order chi connectivity index (χ0) is 26.0. The fourth-order valence-corrected chi connectivity index (χ4v) is 4.85. The lowest BCUT2D eigenvalue weighted by Crippen LogP contribution is -2.33. The molecule has 0 spiro atoms. The first kappa shape index (κ1) is 25.6. The van der Waals surface area contributed by atoms with Crippen molar-refractivity contribution in [3.8, 4) is 5.69 Å². The Morgan fingerprint density at radius 3 is 2.22 bits per heavy atom. The molecule has 3 N–H and O–H groups in total. The Balaban J connectivity index is 1.55. The molecule has 9 heteroatoms. The molecule has 1 aliphatic rings. The first-order valence-corrected chi connectivity index (χ1v) is 12.1. The van der Waals surface area contributed by atoms with Gasteiger partial charge >= 0.3 is 0 Å². The van der Waals surface area contributed by atoms with Crippen LogP contribution in [-0.4, -0.2) is 27.1 Å². The van der Waals surface area contributed by atoms with Gasteiger partial charge in [0, 0.05) is 35.0 Å². The van der Waals surface area contributed by atoms with Crippen molar-refractivity contribution < 1.29 is 19.1 Å². The van der Waals surface area contributed by atoms with E-state index in [2.05, 4.69) is 10.6 Å². The van der Waals surface area contributed by atoms with E-state index in [0.29, 0.717) is 29.2 Å². The smallest absolute Gasteiger partial charge is 0.255 e. The fraction of sp³-hybridized carbons (Fsp3) is 0.296. The molecule has 0 unspecified atom stereocenters. The number of hydrogen-bond donors (Lipinski definition) is 3. The van der Waals surface area contributed by atoms with Gasteiger partial charge < -0.3 is 15.7 Å². The van der Waals surface area contributed by atoms with Crippen LogP contribution in [0.2, 0.25) is 5.02 Å². The van der Waals surface area contributed by atoms with E-state index in [-0.39, 0.29) is 11.2 Å². The van der Waals surface area contributed by atoms with Gasteiger partial charge in [-0.15, -0.1) is 0 Å². The van der Waals surface area contributed by atoms with Gasteiger partial charge in [0.15, 0.2) is 0 Å². The predicted molar refractivity (Wildman–Crippen MR) is 137 cm³/mol. The highest BCUT2D eigenvalue weighted by molar-refractivity contribution is 6.30. The molecule has 1 saturated carbocycles. The molecule has 0 saturated heterocycles. The maximum Gasteiger partial charge on any atom is 0.255 e. The van der Waals surface area contributed by atoms with Crippen LogP contribution in [0.3, 0.4) is 0 Å². The fourth-order valence-electron chi connectivity index (χ4n) is 4.72. The van der Waals surface area contributed by atoms with E-state index in [0.717, 1.165) is 6.07 Å². The average Bonchev–Trinajstić information content (AvgIpc) is 3.63. The zero-order valence-electron chi connectivity index (χ0n) is 19.9. The molecule has 0 radical (unpaired) electrons. The van der Waals surface area contributed by atoms with E-state index < -0.39 is 41.0 Å². The van der Waals surface area contributed by atoms with Gasteiger partial charge in [0.25, 0.3) is 5.56 Å². The maximum absolute atomic E-state index is 14.9. The van der Waals surface area contributed by atoms with Crippen LogP contribution in [-0.2, 0) is 9.59 Å². The second-order valence-corrected chi connectivity index (χ2v) is 9.38. The Bertz CT molecular complexity index is 1340. The highest BCUT2D eigenvalue weighted by Gasteiger charge is 2.65. The summed E-state index contributed by atoms with van der Waals surface area (Å²) in [6, 6.07) is 15.2. The number of nitrogens with zero attached hydrogens (tertiary/aromatic N) is 1. The van der Waals surface area contributed by atoms with Gasteiger partial charge in [-0.2, -0.15) is 0 Å². The third-order valence-electron chi connectivity index (χ3n) is 6.89. The summed E-state index contributed by atoms with van der Waals surface area (Å²) >= 11 is 5.90. The summed E-state index contributed by atoms with van der Waals surface area (Å²) in [5.74, 6) is -3.92. The number of halogens is 2. The van der Waals surface area contributed by atoms with Crippen molar-refractivity contribution in [2.24, 2.45) is 17.8 Å². The minimum atomic E-state index is -1.22. The van der Waals surface area contributed by atoms with E-state index in [4.69, 9.17) is 11.6 Å². The molecule has 4 rings (SSSR count). The summed E-state index contributed by atoms with van der Waals surface area (Å²) in [5, 5.41) is 17.0. The number of nitrogens with one attached hydrogen (secondary N) is 2. The molecule has 0 bridgehead atoms. The lowest BCUT2D eigenvalue weighted by Gasteiger charge is -2.26. The van der Waals surface area contributed by atoms with Crippen LogP contribution >= 0.6 is 11.6 Å². The molecular weight excluding hydrogens is 485 g/mol. The molecule has 2 amide bonds. The van der Waals surface area contributed by atoms with E-state index in [1.54, 1.807) is 50.2 Å².